The third-order valence-corrected chi connectivity index (χ3v) is 4.14. The highest BCUT2D eigenvalue weighted by Gasteiger charge is 2.10. The fraction of sp³-hybridized carbons (Fsp3) is 0.294. The molecule has 126 valence electrons. The minimum absolute atomic E-state index is 0.167. The van der Waals surface area contributed by atoms with E-state index in [2.05, 4.69) is 20.6 Å². The van der Waals surface area contributed by atoms with Crippen molar-refractivity contribution in [1.82, 2.24) is 15.3 Å². The summed E-state index contributed by atoms with van der Waals surface area (Å²) in [5, 5.41) is 5.98. The normalized spacial score (nSPS) is 10.3. The fourth-order valence-corrected chi connectivity index (χ4v) is 2.87. The van der Waals surface area contributed by atoms with Crippen LogP contribution in [0.1, 0.15) is 27.3 Å². The second-order valence-corrected chi connectivity index (χ2v) is 6.32. The number of nitrogens with zero attached hydrogens (tertiary/aromatic N) is 2. The fourth-order valence-electron chi connectivity index (χ4n) is 2.12. The summed E-state index contributed by atoms with van der Waals surface area (Å²) in [7, 11) is 1.57. The highest BCUT2D eigenvalue weighted by Crippen LogP contribution is 2.19. The zero-order valence-electron chi connectivity index (χ0n) is 14.1. The first-order valence-electron chi connectivity index (χ1n) is 7.46. The van der Waals surface area contributed by atoms with E-state index < -0.39 is 0 Å². The van der Waals surface area contributed by atoms with Gasteiger partial charge in [0.2, 0.25) is 5.91 Å². The first-order chi connectivity index (χ1) is 11.4. The molecule has 0 radical (unpaired) electrons. The number of rotatable bonds is 5. The number of aromatic nitrogens is 2. The van der Waals surface area contributed by atoms with Gasteiger partial charge in [-0.1, -0.05) is 17.8 Å². The van der Waals surface area contributed by atoms with Crippen LogP contribution in [0.15, 0.2) is 29.4 Å². The van der Waals surface area contributed by atoms with Gasteiger partial charge in [0.15, 0.2) is 5.16 Å². The molecule has 0 fully saturated rings. The van der Waals surface area contributed by atoms with Crippen molar-refractivity contribution in [2.24, 2.45) is 0 Å². The Balaban J connectivity index is 2.03. The van der Waals surface area contributed by atoms with Crippen LogP contribution in [0.5, 0.6) is 0 Å². The van der Waals surface area contributed by atoms with E-state index >= 15 is 0 Å². The smallest absolute Gasteiger partial charge is 0.251 e. The Morgan fingerprint density at radius 1 is 1.08 bits per heavy atom. The predicted octanol–water partition coefficient (Wildman–Crippen LogP) is 2.49. The number of carbonyl (C=O) groups excluding carboxylic acids is 2. The van der Waals surface area contributed by atoms with Gasteiger partial charge in [-0.25, -0.2) is 9.97 Å². The van der Waals surface area contributed by atoms with Crippen molar-refractivity contribution < 1.29 is 9.59 Å². The topological polar surface area (TPSA) is 84.0 Å². The van der Waals surface area contributed by atoms with E-state index in [1.165, 1.54) is 11.8 Å². The van der Waals surface area contributed by atoms with Crippen LogP contribution in [0.2, 0.25) is 0 Å². The lowest BCUT2D eigenvalue weighted by molar-refractivity contribution is -0.113. The zero-order chi connectivity index (χ0) is 17.7. The third kappa shape index (κ3) is 4.79. The van der Waals surface area contributed by atoms with E-state index in [4.69, 9.17) is 0 Å². The molecule has 2 amide bonds. The zero-order valence-corrected chi connectivity index (χ0v) is 15.0. The average molecular weight is 344 g/mol. The van der Waals surface area contributed by atoms with Gasteiger partial charge in [-0.3, -0.25) is 9.59 Å². The number of hydrogen-bond acceptors (Lipinski definition) is 5. The SMILES string of the molecule is CNC(=O)c1ccc(C)c(NC(=O)CSc2nc(C)cc(C)n2)c1. The molecule has 2 N–H and O–H groups in total. The van der Waals surface area contributed by atoms with E-state index in [0.717, 1.165) is 17.0 Å². The molecule has 0 aliphatic heterocycles. The van der Waals surface area contributed by atoms with Crippen LogP contribution in [0.25, 0.3) is 0 Å². The molecule has 0 unspecified atom stereocenters. The molecule has 1 aromatic carbocycles. The molecule has 24 heavy (non-hydrogen) atoms. The van der Waals surface area contributed by atoms with Crippen LogP contribution in [0.3, 0.4) is 0 Å². The van der Waals surface area contributed by atoms with Crippen molar-refractivity contribution in [1.29, 1.82) is 0 Å². The molecule has 0 aliphatic carbocycles. The van der Waals surface area contributed by atoms with Crippen LogP contribution in [0, 0.1) is 20.8 Å². The quantitative estimate of drug-likeness (QED) is 0.643. The summed E-state index contributed by atoms with van der Waals surface area (Å²) in [4.78, 5) is 32.5. The van der Waals surface area contributed by atoms with Gasteiger partial charge in [-0.05, 0) is 44.5 Å². The van der Waals surface area contributed by atoms with Crippen molar-refractivity contribution in [3.63, 3.8) is 0 Å². The lowest BCUT2D eigenvalue weighted by Crippen LogP contribution is -2.19. The molecule has 0 aliphatic rings. The Morgan fingerprint density at radius 3 is 2.38 bits per heavy atom. The van der Waals surface area contributed by atoms with Gasteiger partial charge in [0, 0.05) is 29.7 Å². The second-order valence-electron chi connectivity index (χ2n) is 5.38. The molecule has 0 saturated carbocycles. The third-order valence-electron chi connectivity index (χ3n) is 3.30. The van der Waals surface area contributed by atoms with Crippen molar-refractivity contribution in [3.05, 3.63) is 46.8 Å². The molecular weight excluding hydrogens is 324 g/mol. The Kier molecular flexibility index (Phi) is 5.92. The van der Waals surface area contributed by atoms with Gasteiger partial charge >= 0.3 is 0 Å². The first kappa shape index (κ1) is 17.9. The molecule has 2 aromatic rings. The largest absolute Gasteiger partial charge is 0.355 e. The number of nitrogens with one attached hydrogen (secondary N) is 2. The highest BCUT2D eigenvalue weighted by molar-refractivity contribution is 7.99. The number of aryl methyl sites for hydroxylation is 3. The summed E-state index contributed by atoms with van der Waals surface area (Å²) in [5.74, 6) is -0.157. The lowest BCUT2D eigenvalue weighted by atomic mass is 10.1. The van der Waals surface area contributed by atoms with Crippen molar-refractivity contribution in [2.45, 2.75) is 25.9 Å². The van der Waals surface area contributed by atoms with E-state index in [-0.39, 0.29) is 17.6 Å². The Hall–Kier alpha value is -2.41. The number of carbonyl (C=O) groups is 2. The monoisotopic (exact) mass is 344 g/mol. The molecule has 0 bridgehead atoms. The molecule has 6 nitrogen and oxygen atoms in total. The number of thioether (sulfide) groups is 1. The van der Waals surface area contributed by atoms with E-state index in [1.54, 1.807) is 25.2 Å². The molecule has 0 atom stereocenters. The summed E-state index contributed by atoms with van der Waals surface area (Å²) >= 11 is 1.28. The molecule has 0 saturated heterocycles. The highest BCUT2D eigenvalue weighted by atomic mass is 32.2. The maximum Gasteiger partial charge on any atom is 0.251 e. The Labute approximate surface area is 145 Å². The summed E-state index contributed by atoms with van der Waals surface area (Å²) in [6.45, 7) is 5.67. The molecule has 7 heteroatoms. The Morgan fingerprint density at radius 2 is 1.75 bits per heavy atom. The van der Waals surface area contributed by atoms with Crippen molar-refractivity contribution >= 4 is 29.3 Å². The number of benzene rings is 1. The molecule has 1 heterocycles. The van der Waals surface area contributed by atoms with Gasteiger partial charge in [0.25, 0.3) is 5.91 Å². The van der Waals surface area contributed by atoms with Gasteiger partial charge in [-0.2, -0.15) is 0 Å². The van der Waals surface area contributed by atoms with Gasteiger partial charge < -0.3 is 10.6 Å². The lowest BCUT2D eigenvalue weighted by Gasteiger charge is -2.10. The maximum absolute atomic E-state index is 12.2. The van der Waals surface area contributed by atoms with Crippen molar-refractivity contribution in [2.75, 3.05) is 18.1 Å². The van der Waals surface area contributed by atoms with Crippen molar-refractivity contribution in [3.8, 4) is 0 Å². The minimum Gasteiger partial charge on any atom is -0.355 e. The molecule has 1 aromatic heterocycles. The molecule has 0 spiro atoms. The number of anilines is 1. The van der Waals surface area contributed by atoms with E-state index in [1.807, 2.05) is 26.8 Å². The van der Waals surface area contributed by atoms with E-state index in [0.29, 0.717) is 16.4 Å². The van der Waals surface area contributed by atoms with Crippen LogP contribution < -0.4 is 10.6 Å². The Bertz CT molecular complexity index is 757. The summed E-state index contributed by atoms with van der Waals surface area (Å²) in [6, 6.07) is 7.09. The second kappa shape index (κ2) is 7.92. The predicted molar refractivity (Wildman–Crippen MR) is 95.4 cm³/mol. The maximum atomic E-state index is 12.2. The van der Waals surface area contributed by atoms with Crippen LogP contribution in [0.4, 0.5) is 5.69 Å². The first-order valence-corrected chi connectivity index (χ1v) is 8.45. The minimum atomic E-state index is -0.191. The number of hydrogen-bond donors (Lipinski definition) is 2. The summed E-state index contributed by atoms with van der Waals surface area (Å²) in [5.41, 5.74) is 3.77. The number of amides is 2. The van der Waals surface area contributed by atoms with Gasteiger partial charge in [0.1, 0.15) is 0 Å². The van der Waals surface area contributed by atoms with Crippen LogP contribution in [-0.2, 0) is 4.79 Å². The standard InChI is InChI=1S/C17H20N4O2S/c1-10-5-6-13(16(23)18-4)8-14(10)21-15(22)9-24-17-19-11(2)7-12(3)20-17/h5-8H,9H2,1-4H3,(H,18,23)(H,21,22). The van der Waals surface area contributed by atoms with Crippen LogP contribution in [-0.4, -0.2) is 34.6 Å². The summed E-state index contributed by atoms with van der Waals surface area (Å²) < 4.78 is 0. The summed E-state index contributed by atoms with van der Waals surface area (Å²) in [6.07, 6.45) is 0. The van der Waals surface area contributed by atoms with Gasteiger partial charge in [-0.15, -0.1) is 0 Å². The molecule has 2 rings (SSSR count). The van der Waals surface area contributed by atoms with Crippen LogP contribution >= 0.6 is 11.8 Å². The van der Waals surface area contributed by atoms with Gasteiger partial charge in [0.05, 0.1) is 5.75 Å². The van der Waals surface area contributed by atoms with E-state index in [9.17, 15) is 9.59 Å². The molecular formula is C17H20N4O2S. The average Bonchev–Trinajstić information content (AvgIpc) is 2.53.